The van der Waals surface area contributed by atoms with Gasteiger partial charge in [-0.2, -0.15) is 0 Å². The molecule has 4 N–H and O–H groups in total. The van der Waals surface area contributed by atoms with E-state index in [4.69, 9.17) is 0 Å². The monoisotopic (exact) mass is 566 g/mol. The molecular weight excluding hydrogens is 532 g/mol. The summed E-state index contributed by atoms with van der Waals surface area (Å²) in [6, 6.07) is 19.6. The van der Waals surface area contributed by atoms with Gasteiger partial charge < -0.3 is 20.8 Å². The van der Waals surface area contributed by atoms with Gasteiger partial charge in [0.25, 0.3) is 11.8 Å². The number of rotatable bonds is 9. The first-order chi connectivity index (χ1) is 19.9. The van der Waals surface area contributed by atoms with Gasteiger partial charge in [-0.1, -0.05) is 58.4 Å². The van der Waals surface area contributed by atoms with E-state index >= 15 is 0 Å². The lowest BCUT2D eigenvalue weighted by Crippen LogP contribution is -2.18. The van der Waals surface area contributed by atoms with E-state index < -0.39 is 23.8 Å². The van der Waals surface area contributed by atoms with Crippen molar-refractivity contribution in [3.05, 3.63) is 106 Å². The third-order valence-electron chi connectivity index (χ3n) is 7.15. The van der Waals surface area contributed by atoms with Gasteiger partial charge in [0, 0.05) is 33.3 Å². The maximum absolute atomic E-state index is 13.5. The van der Waals surface area contributed by atoms with E-state index in [2.05, 4.69) is 38.3 Å². The molecule has 4 aromatic carbocycles. The quantitative estimate of drug-likeness (QED) is 0.167. The molecule has 2 amide bonds. The van der Waals surface area contributed by atoms with E-state index in [0.29, 0.717) is 11.4 Å². The third kappa shape index (κ3) is 6.49. The number of nitrogens with one attached hydrogen (secondary N) is 2. The molecule has 0 saturated heterocycles. The highest BCUT2D eigenvalue weighted by Crippen LogP contribution is 2.32. The van der Waals surface area contributed by atoms with Gasteiger partial charge in [0.1, 0.15) is 0 Å². The highest BCUT2D eigenvalue weighted by atomic mass is 16.4. The first kappa shape index (κ1) is 30.0. The van der Waals surface area contributed by atoms with E-state index in [0.717, 1.165) is 42.5 Å². The molecule has 0 spiro atoms. The fourth-order valence-electron chi connectivity index (χ4n) is 4.82. The minimum absolute atomic E-state index is 0.0633. The summed E-state index contributed by atoms with van der Waals surface area (Å²) in [7, 11) is 0. The van der Waals surface area contributed by atoms with Crippen molar-refractivity contribution in [2.24, 2.45) is 0 Å². The SMILES string of the molecule is CCCCc1ccc(NC(=O)c2ccc(C(=O)Nc3ccc(C(C)(C)C)cc3)c3c(C(=O)O)ccc(C(=O)O)c23)cc1. The molecule has 0 aliphatic rings. The minimum Gasteiger partial charge on any atom is -0.478 e. The van der Waals surface area contributed by atoms with E-state index in [1.54, 1.807) is 24.3 Å². The van der Waals surface area contributed by atoms with Crippen molar-refractivity contribution in [1.29, 1.82) is 0 Å². The maximum Gasteiger partial charge on any atom is 0.336 e. The number of carbonyl (C=O) groups excluding carboxylic acids is 2. The number of fused-ring (bicyclic) bond motifs is 1. The van der Waals surface area contributed by atoms with Crippen LogP contribution in [0.4, 0.5) is 11.4 Å². The fraction of sp³-hybridized carbons (Fsp3) is 0.235. The van der Waals surface area contributed by atoms with Crippen LogP contribution in [0.5, 0.6) is 0 Å². The average Bonchev–Trinajstić information content (AvgIpc) is 2.95. The smallest absolute Gasteiger partial charge is 0.336 e. The van der Waals surface area contributed by atoms with Crippen molar-refractivity contribution in [3.8, 4) is 0 Å². The molecule has 0 unspecified atom stereocenters. The standard InChI is InChI=1S/C34H34N2O6/c1-5-6-7-20-8-12-22(13-9-20)35-30(37)24-16-17-25(29-27(33(41)42)19-18-26(28(24)29)32(39)40)31(38)36-23-14-10-21(11-15-23)34(2,3)4/h8-19H,5-7H2,1-4H3,(H,35,37)(H,36,38)(H,39,40)(H,41,42). The second-order valence-electron chi connectivity index (χ2n) is 11.2. The van der Waals surface area contributed by atoms with Crippen LogP contribution in [0.25, 0.3) is 10.8 Å². The number of unbranched alkanes of at least 4 members (excludes halogenated alkanes) is 1. The van der Waals surface area contributed by atoms with Gasteiger partial charge in [0.15, 0.2) is 0 Å². The number of carbonyl (C=O) groups is 4. The van der Waals surface area contributed by atoms with Gasteiger partial charge in [-0.25, -0.2) is 9.59 Å². The number of carboxylic acid groups (broad SMARTS) is 2. The fourth-order valence-corrected chi connectivity index (χ4v) is 4.82. The summed E-state index contributed by atoms with van der Waals surface area (Å²) in [4.78, 5) is 51.5. The average molecular weight is 567 g/mol. The summed E-state index contributed by atoms with van der Waals surface area (Å²) in [6.07, 6.45) is 3.02. The Labute approximate surface area is 244 Å². The summed E-state index contributed by atoms with van der Waals surface area (Å²) < 4.78 is 0. The molecule has 0 atom stereocenters. The van der Waals surface area contributed by atoms with Gasteiger partial charge in [0.05, 0.1) is 11.1 Å². The third-order valence-corrected chi connectivity index (χ3v) is 7.15. The zero-order chi connectivity index (χ0) is 30.6. The Morgan fingerprint density at radius 2 is 1.02 bits per heavy atom. The van der Waals surface area contributed by atoms with Crippen LogP contribution in [0.1, 0.15) is 93.1 Å². The van der Waals surface area contributed by atoms with Crippen molar-refractivity contribution in [2.75, 3.05) is 10.6 Å². The summed E-state index contributed by atoms with van der Waals surface area (Å²) in [5, 5.41) is 25.3. The topological polar surface area (TPSA) is 133 Å². The summed E-state index contributed by atoms with van der Waals surface area (Å²) in [6.45, 7) is 8.32. The molecule has 0 saturated carbocycles. The van der Waals surface area contributed by atoms with E-state index in [-0.39, 0.29) is 38.4 Å². The van der Waals surface area contributed by atoms with Crippen molar-refractivity contribution in [3.63, 3.8) is 0 Å². The molecule has 8 nitrogen and oxygen atoms in total. The van der Waals surface area contributed by atoms with Crippen LogP contribution < -0.4 is 10.6 Å². The predicted molar refractivity (Wildman–Crippen MR) is 164 cm³/mol. The Morgan fingerprint density at radius 1 is 0.619 bits per heavy atom. The van der Waals surface area contributed by atoms with Crippen LogP contribution in [-0.4, -0.2) is 34.0 Å². The van der Waals surface area contributed by atoms with Gasteiger partial charge in [0.2, 0.25) is 0 Å². The number of hydrogen-bond acceptors (Lipinski definition) is 4. The minimum atomic E-state index is -1.36. The molecule has 0 aliphatic heterocycles. The van der Waals surface area contributed by atoms with Gasteiger partial charge in [-0.3, -0.25) is 9.59 Å². The van der Waals surface area contributed by atoms with Crippen molar-refractivity contribution >= 4 is 45.9 Å². The Kier molecular flexibility index (Phi) is 8.76. The molecule has 0 radical (unpaired) electrons. The highest BCUT2D eigenvalue weighted by Gasteiger charge is 2.26. The molecule has 0 aliphatic carbocycles. The molecular formula is C34H34N2O6. The van der Waals surface area contributed by atoms with Gasteiger partial charge in [-0.15, -0.1) is 0 Å². The van der Waals surface area contributed by atoms with Crippen LogP contribution >= 0.6 is 0 Å². The first-order valence-electron chi connectivity index (χ1n) is 13.8. The molecule has 0 fully saturated rings. The predicted octanol–water partition coefficient (Wildman–Crippen LogP) is 7.38. The summed E-state index contributed by atoms with van der Waals surface area (Å²) in [5.41, 5.74) is 2.37. The molecule has 0 aromatic heterocycles. The van der Waals surface area contributed by atoms with Crippen LogP contribution in [0.15, 0.2) is 72.8 Å². The largest absolute Gasteiger partial charge is 0.478 e. The molecule has 4 aromatic rings. The van der Waals surface area contributed by atoms with E-state index in [1.165, 1.54) is 12.1 Å². The molecule has 0 bridgehead atoms. The zero-order valence-corrected chi connectivity index (χ0v) is 24.1. The van der Waals surface area contributed by atoms with Crippen LogP contribution in [0.2, 0.25) is 0 Å². The second kappa shape index (κ2) is 12.3. The van der Waals surface area contributed by atoms with Crippen LogP contribution in [-0.2, 0) is 11.8 Å². The van der Waals surface area contributed by atoms with Gasteiger partial charge in [-0.05, 0) is 77.9 Å². The molecule has 216 valence electrons. The number of amides is 2. The lowest BCUT2D eigenvalue weighted by atomic mass is 9.87. The van der Waals surface area contributed by atoms with E-state index in [1.807, 2.05) is 24.3 Å². The first-order valence-corrected chi connectivity index (χ1v) is 13.8. The number of aromatic carboxylic acids is 2. The summed E-state index contributed by atoms with van der Waals surface area (Å²) in [5.74, 6) is -3.98. The number of carboxylic acids is 2. The normalized spacial score (nSPS) is 11.2. The Bertz CT molecular complexity index is 1670. The Morgan fingerprint density at radius 3 is 1.40 bits per heavy atom. The lowest BCUT2D eigenvalue weighted by Gasteiger charge is -2.19. The van der Waals surface area contributed by atoms with Crippen LogP contribution in [0, 0.1) is 0 Å². The zero-order valence-electron chi connectivity index (χ0n) is 24.1. The Balaban J connectivity index is 1.78. The number of aryl methyl sites for hydroxylation is 1. The molecule has 42 heavy (non-hydrogen) atoms. The highest BCUT2D eigenvalue weighted by molar-refractivity contribution is 6.26. The van der Waals surface area contributed by atoms with Gasteiger partial charge >= 0.3 is 11.9 Å². The second-order valence-corrected chi connectivity index (χ2v) is 11.2. The maximum atomic E-state index is 13.5. The number of benzene rings is 4. The van der Waals surface area contributed by atoms with Crippen LogP contribution in [0.3, 0.4) is 0 Å². The molecule has 8 heteroatoms. The van der Waals surface area contributed by atoms with Crippen molar-refractivity contribution in [1.82, 2.24) is 0 Å². The van der Waals surface area contributed by atoms with Crippen molar-refractivity contribution in [2.45, 2.75) is 52.4 Å². The molecule has 0 heterocycles. The lowest BCUT2D eigenvalue weighted by molar-refractivity contribution is 0.0684. The van der Waals surface area contributed by atoms with Crippen molar-refractivity contribution < 1.29 is 29.4 Å². The van der Waals surface area contributed by atoms with E-state index in [9.17, 15) is 29.4 Å². The number of hydrogen-bond donors (Lipinski definition) is 4. The Hall–Kier alpha value is -4.98. The number of anilines is 2. The summed E-state index contributed by atoms with van der Waals surface area (Å²) >= 11 is 0. The molecule has 4 rings (SSSR count).